The van der Waals surface area contributed by atoms with Crippen LogP contribution < -0.4 is 5.32 Å². The number of hydrogen-bond donors (Lipinski definition) is 2. The van der Waals surface area contributed by atoms with E-state index in [-0.39, 0.29) is 6.10 Å². The van der Waals surface area contributed by atoms with Crippen molar-refractivity contribution in [3.05, 3.63) is 18.0 Å². The third-order valence-electron chi connectivity index (χ3n) is 2.27. The number of nitrogens with zero attached hydrogens (tertiary/aromatic N) is 2. The summed E-state index contributed by atoms with van der Waals surface area (Å²) in [7, 11) is 0. The van der Waals surface area contributed by atoms with Gasteiger partial charge in [0.15, 0.2) is 0 Å². The van der Waals surface area contributed by atoms with E-state index in [4.69, 9.17) is 0 Å². The van der Waals surface area contributed by atoms with Gasteiger partial charge in [-0.15, -0.1) is 0 Å². The van der Waals surface area contributed by atoms with Gasteiger partial charge in [-0.1, -0.05) is 6.92 Å². The lowest BCUT2D eigenvalue weighted by atomic mass is 10.2. The molecule has 1 heterocycles. The standard InChI is InChI=1S/C11H21N3O/c1-4-12-8-11(15)7-10-5-6-14(13-10)9(2)3/h5-6,9,11-12,15H,4,7-8H2,1-3H3. The van der Waals surface area contributed by atoms with Crippen LogP contribution in [0.1, 0.15) is 32.5 Å². The highest BCUT2D eigenvalue weighted by molar-refractivity contribution is 5.01. The number of rotatable bonds is 6. The van der Waals surface area contributed by atoms with Crippen LogP contribution in [0.2, 0.25) is 0 Å². The van der Waals surface area contributed by atoms with E-state index in [1.54, 1.807) is 0 Å². The maximum Gasteiger partial charge on any atom is 0.0720 e. The lowest BCUT2D eigenvalue weighted by molar-refractivity contribution is 0.171. The highest BCUT2D eigenvalue weighted by atomic mass is 16.3. The molecule has 2 N–H and O–H groups in total. The second kappa shape index (κ2) is 5.88. The molecule has 1 rings (SSSR count). The van der Waals surface area contributed by atoms with Gasteiger partial charge in [-0.3, -0.25) is 4.68 Å². The van der Waals surface area contributed by atoms with Crippen molar-refractivity contribution in [2.45, 2.75) is 39.3 Å². The number of hydrogen-bond acceptors (Lipinski definition) is 3. The first-order valence-electron chi connectivity index (χ1n) is 5.56. The zero-order valence-corrected chi connectivity index (χ0v) is 9.77. The predicted molar refractivity (Wildman–Crippen MR) is 60.9 cm³/mol. The monoisotopic (exact) mass is 211 g/mol. The summed E-state index contributed by atoms with van der Waals surface area (Å²) < 4.78 is 1.91. The Morgan fingerprint density at radius 3 is 2.80 bits per heavy atom. The summed E-state index contributed by atoms with van der Waals surface area (Å²) >= 11 is 0. The van der Waals surface area contributed by atoms with Crippen molar-refractivity contribution in [3.8, 4) is 0 Å². The van der Waals surface area contributed by atoms with Gasteiger partial charge in [-0.05, 0) is 26.5 Å². The van der Waals surface area contributed by atoms with Gasteiger partial charge in [0.05, 0.1) is 11.8 Å². The molecule has 0 spiro atoms. The van der Waals surface area contributed by atoms with Gasteiger partial charge < -0.3 is 10.4 Å². The summed E-state index contributed by atoms with van der Waals surface area (Å²) in [6.45, 7) is 7.72. The Balaban J connectivity index is 2.42. The molecule has 0 aliphatic rings. The summed E-state index contributed by atoms with van der Waals surface area (Å²) in [4.78, 5) is 0. The third-order valence-corrected chi connectivity index (χ3v) is 2.27. The quantitative estimate of drug-likeness (QED) is 0.737. The Bertz CT molecular complexity index is 283. The fraction of sp³-hybridized carbons (Fsp3) is 0.727. The zero-order valence-electron chi connectivity index (χ0n) is 9.77. The second-order valence-corrected chi connectivity index (χ2v) is 4.05. The topological polar surface area (TPSA) is 50.1 Å². The molecule has 4 heteroatoms. The summed E-state index contributed by atoms with van der Waals surface area (Å²) in [5.74, 6) is 0. The van der Waals surface area contributed by atoms with Crippen molar-refractivity contribution in [2.75, 3.05) is 13.1 Å². The predicted octanol–water partition coefficient (Wildman–Crippen LogP) is 0.977. The van der Waals surface area contributed by atoms with Gasteiger partial charge in [-0.25, -0.2) is 0 Å². The van der Waals surface area contributed by atoms with Crippen LogP contribution in [-0.2, 0) is 6.42 Å². The normalized spacial score (nSPS) is 13.4. The minimum Gasteiger partial charge on any atom is -0.391 e. The lowest BCUT2D eigenvalue weighted by Crippen LogP contribution is -2.28. The molecule has 0 saturated carbocycles. The van der Waals surface area contributed by atoms with Crippen LogP contribution in [0.4, 0.5) is 0 Å². The molecule has 0 amide bonds. The first-order chi connectivity index (χ1) is 7.13. The van der Waals surface area contributed by atoms with Gasteiger partial charge in [0.25, 0.3) is 0 Å². The van der Waals surface area contributed by atoms with E-state index in [0.29, 0.717) is 19.0 Å². The Kier molecular flexibility index (Phi) is 4.78. The molecule has 0 bridgehead atoms. The van der Waals surface area contributed by atoms with Crippen molar-refractivity contribution < 1.29 is 5.11 Å². The average molecular weight is 211 g/mol. The number of nitrogens with one attached hydrogen (secondary N) is 1. The van der Waals surface area contributed by atoms with Crippen LogP contribution in [0, 0.1) is 0 Å². The summed E-state index contributed by atoms with van der Waals surface area (Å²) in [5.41, 5.74) is 0.953. The number of aromatic nitrogens is 2. The first kappa shape index (κ1) is 12.2. The molecule has 4 nitrogen and oxygen atoms in total. The number of aliphatic hydroxyl groups is 1. The molecular weight excluding hydrogens is 190 g/mol. The molecular formula is C11H21N3O. The van der Waals surface area contributed by atoms with Crippen LogP contribution in [0.5, 0.6) is 0 Å². The van der Waals surface area contributed by atoms with E-state index in [0.717, 1.165) is 12.2 Å². The van der Waals surface area contributed by atoms with Crippen molar-refractivity contribution in [3.63, 3.8) is 0 Å². The maximum atomic E-state index is 9.67. The largest absolute Gasteiger partial charge is 0.391 e. The van der Waals surface area contributed by atoms with Crippen LogP contribution in [0.3, 0.4) is 0 Å². The molecule has 1 aromatic rings. The van der Waals surface area contributed by atoms with Gasteiger partial charge >= 0.3 is 0 Å². The van der Waals surface area contributed by atoms with Crippen LogP contribution in [0.25, 0.3) is 0 Å². The van der Waals surface area contributed by atoms with Crippen molar-refractivity contribution in [2.24, 2.45) is 0 Å². The van der Waals surface area contributed by atoms with Gasteiger partial charge in [0.1, 0.15) is 0 Å². The zero-order chi connectivity index (χ0) is 11.3. The molecule has 0 radical (unpaired) electrons. The van der Waals surface area contributed by atoms with Gasteiger partial charge in [-0.2, -0.15) is 5.10 Å². The van der Waals surface area contributed by atoms with Crippen molar-refractivity contribution in [1.82, 2.24) is 15.1 Å². The molecule has 0 aromatic carbocycles. The Hall–Kier alpha value is -0.870. The summed E-state index contributed by atoms with van der Waals surface area (Å²) in [5, 5.41) is 17.2. The molecule has 15 heavy (non-hydrogen) atoms. The highest BCUT2D eigenvalue weighted by Gasteiger charge is 2.08. The second-order valence-electron chi connectivity index (χ2n) is 4.05. The number of likely N-dealkylation sites (N-methyl/N-ethyl adjacent to an activating group) is 1. The molecule has 86 valence electrons. The molecule has 0 aliphatic heterocycles. The summed E-state index contributed by atoms with van der Waals surface area (Å²) in [6.07, 6.45) is 2.23. The first-order valence-corrected chi connectivity index (χ1v) is 5.56. The minimum atomic E-state index is -0.347. The molecule has 0 fully saturated rings. The van der Waals surface area contributed by atoms with Crippen molar-refractivity contribution >= 4 is 0 Å². The highest BCUT2D eigenvalue weighted by Crippen LogP contribution is 2.05. The van der Waals surface area contributed by atoms with Crippen LogP contribution >= 0.6 is 0 Å². The van der Waals surface area contributed by atoms with E-state index >= 15 is 0 Å². The summed E-state index contributed by atoms with van der Waals surface area (Å²) in [6, 6.07) is 2.35. The van der Waals surface area contributed by atoms with Crippen molar-refractivity contribution in [1.29, 1.82) is 0 Å². The molecule has 1 atom stereocenters. The lowest BCUT2D eigenvalue weighted by Gasteiger charge is -2.09. The fourth-order valence-corrected chi connectivity index (χ4v) is 1.40. The molecule has 1 aromatic heterocycles. The Labute approximate surface area is 91.3 Å². The minimum absolute atomic E-state index is 0.347. The molecule has 0 saturated heterocycles. The van der Waals surface area contributed by atoms with E-state index < -0.39 is 0 Å². The van der Waals surface area contributed by atoms with Crippen LogP contribution in [0.15, 0.2) is 12.3 Å². The maximum absolute atomic E-state index is 9.67. The number of aliphatic hydroxyl groups excluding tert-OH is 1. The van der Waals surface area contributed by atoms with E-state index in [1.165, 1.54) is 0 Å². The molecule has 0 aliphatic carbocycles. The van der Waals surface area contributed by atoms with E-state index in [2.05, 4.69) is 24.3 Å². The SMILES string of the molecule is CCNCC(O)Cc1ccn(C(C)C)n1. The Morgan fingerprint density at radius 1 is 1.53 bits per heavy atom. The van der Waals surface area contributed by atoms with E-state index in [9.17, 15) is 5.11 Å². The van der Waals surface area contributed by atoms with E-state index in [1.807, 2.05) is 23.9 Å². The fourth-order valence-electron chi connectivity index (χ4n) is 1.40. The van der Waals surface area contributed by atoms with Gasteiger partial charge in [0.2, 0.25) is 0 Å². The smallest absolute Gasteiger partial charge is 0.0720 e. The van der Waals surface area contributed by atoms with Crippen LogP contribution in [-0.4, -0.2) is 34.1 Å². The molecule has 1 unspecified atom stereocenters. The third kappa shape index (κ3) is 4.01. The average Bonchev–Trinajstić information content (AvgIpc) is 2.63. The Morgan fingerprint density at radius 2 is 2.27 bits per heavy atom. The van der Waals surface area contributed by atoms with Gasteiger partial charge in [0, 0.05) is 25.2 Å².